The Balaban J connectivity index is 1.60. The van der Waals surface area contributed by atoms with Crippen LogP contribution in [0, 0.1) is 0 Å². The van der Waals surface area contributed by atoms with Gasteiger partial charge in [0.05, 0.1) is 6.26 Å². The molecule has 2 fully saturated rings. The zero-order chi connectivity index (χ0) is 16.4. The largest absolute Gasteiger partial charge is 0.466 e. The second kappa shape index (κ2) is 6.66. The Hall–Kier alpha value is -1.96. The van der Waals surface area contributed by atoms with E-state index in [0.29, 0.717) is 11.5 Å². The van der Waals surface area contributed by atoms with Crippen LogP contribution in [0.25, 0.3) is 0 Å². The Morgan fingerprint density at radius 1 is 1.43 bits per heavy atom. The fraction of sp³-hybridized carbons (Fsp3) is 0.533. The van der Waals surface area contributed by atoms with Gasteiger partial charge in [0.25, 0.3) is 5.91 Å². The Labute approximate surface area is 137 Å². The van der Waals surface area contributed by atoms with Gasteiger partial charge in [0, 0.05) is 18.7 Å². The highest BCUT2D eigenvalue weighted by atomic mass is 32.2. The topological polar surface area (TPSA) is 88.8 Å². The van der Waals surface area contributed by atoms with Crippen molar-refractivity contribution < 1.29 is 23.5 Å². The van der Waals surface area contributed by atoms with Gasteiger partial charge in [-0.15, -0.1) is 11.8 Å². The van der Waals surface area contributed by atoms with Crippen LogP contribution in [0.5, 0.6) is 0 Å². The highest BCUT2D eigenvalue weighted by molar-refractivity contribution is 7.99. The predicted octanol–water partition coefficient (Wildman–Crippen LogP) is 1.06. The van der Waals surface area contributed by atoms with Crippen LogP contribution in [0.1, 0.15) is 30.9 Å². The molecule has 0 aromatic carbocycles. The number of esters is 1. The number of thioether (sulfide) groups is 1. The summed E-state index contributed by atoms with van der Waals surface area (Å²) in [5, 5.41) is 2.40. The molecule has 124 valence electrons. The number of furan rings is 1. The van der Waals surface area contributed by atoms with Crippen LogP contribution in [0.2, 0.25) is 0 Å². The fourth-order valence-electron chi connectivity index (χ4n) is 2.45. The number of ether oxygens (including phenoxy) is 1. The lowest BCUT2D eigenvalue weighted by Gasteiger charge is -2.25. The summed E-state index contributed by atoms with van der Waals surface area (Å²) in [6.45, 7) is 1.09. The zero-order valence-electron chi connectivity index (χ0n) is 12.7. The number of carbonyl (C=O) groups is 3. The molecule has 8 heteroatoms. The SMILES string of the molecule is CC(=O)N1[C@@H](C(=O)OCC(=O)NC2CC2)CS[C@@H]1c1ccco1. The Morgan fingerprint density at radius 3 is 2.83 bits per heavy atom. The van der Waals surface area contributed by atoms with Crippen LogP contribution in [0.3, 0.4) is 0 Å². The molecular weight excluding hydrogens is 320 g/mol. The summed E-state index contributed by atoms with van der Waals surface area (Å²) in [4.78, 5) is 37.2. The summed E-state index contributed by atoms with van der Waals surface area (Å²) in [6, 6.07) is 3.02. The molecule has 0 unspecified atom stereocenters. The third kappa shape index (κ3) is 3.69. The van der Waals surface area contributed by atoms with Gasteiger partial charge < -0.3 is 19.4 Å². The normalized spacial score (nSPS) is 23.6. The van der Waals surface area contributed by atoms with Gasteiger partial charge in [-0.05, 0) is 25.0 Å². The minimum Gasteiger partial charge on any atom is -0.466 e. The number of amides is 2. The first-order valence-corrected chi connectivity index (χ1v) is 8.51. The van der Waals surface area contributed by atoms with Crippen LogP contribution in [0.4, 0.5) is 0 Å². The van der Waals surface area contributed by atoms with Gasteiger partial charge in [-0.2, -0.15) is 0 Å². The summed E-state index contributed by atoms with van der Waals surface area (Å²) in [5.41, 5.74) is 0. The summed E-state index contributed by atoms with van der Waals surface area (Å²) < 4.78 is 10.4. The van der Waals surface area contributed by atoms with Crippen molar-refractivity contribution in [2.45, 2.75) is 37.2 Å². The van der Waals surface area contributed by atoms with Gasteiger partial charge in [0.1, 0.15) is 17.2 Å². The first kappa shape index (κ1) is 15.9. The fourth-order valence-corrected chi connectivity index (χ4v) is 3.87. The Bertz CT molecular complexity index is 599. The molecule has 2 aliphatic rings. The quantitative estimate of drug-likeness (QED) is 0.808. The molecule has 7 nitrogen and oxygen atoms in total. The molecule has 2 atom stereocenters. The maximum atomic E-state index is 12.2. The van der Waals surface area contributed by atoms with E-state index in [1.807, 2.05) is 0 Å². The maximum absolute atomic E-state index is 12.2. The van der Waals surface area contributed by atoms with Crippen molar-refractivity contribution in [2.24, 2.45) is 0 Å². The molecule has 23 heavy (non-hydrogen) atoms. The van der Waals surface area contributed by atoms with E-state index in [2.05, 4.69) is 5.32 Å². The molecule has 1 aliphatic heterocycles. The third-order valence-electron chi connectivity index (χ3n) is 3.71. The van der Waals surface area contributed by atoms with Gasteiger partial charge in [0.15, 0.2) is 6.61 Å². The van der Waals surface area contributed by atoms with Gasteiger partial charge in [-0.25, -0.2) is 4.79 Å². The number of hydrogen-bond acceptors (Lipinski definition) is 6. The highest BCUT2D eigenvalue weighted by Crippen LogP contribution is 2.41. The van der Waals surface area contributed by atoms with Crippen molar-refractivity contribution in [1.29, 1.82) is 0 Å². The average Bonchev–Trinajstić information content (AvgIpc) is 3.03. The van der Waals surface area contributed by atoms with Crippen molar-refractivity contribution in [3.63, 3.8) is 0 Å². The number of nitrogens with one attached hydrogen (secondary N) is 1. The lowest BCUT2D eigenvalue weighted by Crippen LogP contribution is -2.43. The lowest BCUT2D eigenvalue weighted by molar-refractivity contribution is -0.156. The first-order chi connectivity index (χ1) is 11.1. The number of rotatable bonds is 5. The third-order valence-corrected chi connectivity index (χ3v) is 4.99. The van der Waals surface area contributed by atoms with E-state index < -0.39 is 12.0 Å². The standard InChI is InChI=1S/C15H18N2O5S/c1-9(18)17-11(8-23-14(17)12-3-2-6-21-12)15(20)22-7-13(19)16-10-4-5-10/h2-3,6,10-11,14H,4-5,7-8H2,1H3,(H,16,19)/t11-,14-/m1/s1. The van der Waals surface area contributed by atoms with Gasteiger partial charge >= 0.3 is 5.97 Å². The molecule has 1 aromatic heterocycles. The molecule has 1 saturated heterocycles. The van der Waals surface area contributed by atoms with Crippen LogP contribution in [0.15, 0.2) is 22.8 Å². The maximum Gasteiger partial charge on any atom is 0.330 e. The molecule has 1 N–H and O–H groups in total. The number of nitrogens with zero attached hydrogens (tertiary/aromatic N) is 1. The monoisotopic (exact) mass is 338 g/mol. The lowest BCUT2D eigenvalue weighted by atomic mass is 10.2. The summed E-state index contributed by atoms with van der Waals surface area (Å²) in [5.74, 6) is -0.0717. The molecule has 2 heterocycles. The molecule has 2 amide bonds. The van der Waals surface area contributed by atoms with Crippen molar-refractivity contribution in [3.8, 4) is 0 Å². The number of carbonyl (C=O) groups excluding carboxylic acids is 3. The van der Waals surface area contributed by atoms with Crippen LogP contribution in [-0.4, -0.2) is 47.1 Å². The zero-order valence-corrected chi connectivity index (χ0v) is 13.5. The van der Waals surface area contributed by atoms with Crippen molar-refractivity contribution in [1.82, 2.24) is 10.2 Å². The Kier molecular flexibility index (Phi) is 4.61. The molecule has 3 rings (SSSR count). The second-order valence-corrected chi connectivity index (χ2v) is 6.71. The molecule has 1 aliphatic carbocycles. The molecule has 1 aromatic rings. The van der Waals surface area contributed by atoms with E-state index in [9.17, 15) is 14.4 Å². The molecular formula is C15H18N2O5S. The summed E-state index contributed by atoms with van der Waals surface area (Å²) in [6.07, 6.45) is 3.48. The summed E-state index contributed by atoms with van der Waals surface area (Å²) >= 11 is 1.44. The van der Waals surface area contributed by atoms with E-state index in [4.69, 9.17) is 9.15 Å². The van der Waals surface area contributed by atoms with Crippen molar-refractivity contribution >= 4 is 29.5 Å². The van der Waals surface area contributed by atoms with Crippen LogP contribution >= 0.6 is 11.8 Å². The predicted molar refractivity (Wildman–Crippen MR) is 82.3 cm³/mol. The molecule has 0 bridgehead atoms. The first-order valence-electron chi connectivity index (χ1n) is 7.46. The van der Waals surface area contributed by atoms with E-state index in [0.717, 1.165) is 12.8 Å². The van der Waals surface area contributed by atoms with E-state index >= 15 is 0 Å². The van der Waals surface area contributed by atoms with E-state index in [1.54, 1.807) is 12.1 Å². The van der Waals surface area contributed by atoms with Crippen molar-refractivity contribution in [2.75, 3.05) is 12.4 Å². The molecule has 0 spiro atoms. The van der Waals surface area contributed by atoms with E-state index in [-0.39, 0.29) is 29.8 Å². The Morgan fingerprint density at radius 2 is 2.22 bits per heavy atom. The minimum atomic E-state index is -0.707. The number of hydrogen-bond donors (Lipinski definition) is 1. The van der Waals surface area contributed by atoms with Crippen LogP contribution in [-0.2, 0) is 19.1 Å². The van der Waals surface area contributed by atoms with Gasteiger partial charge in [-0.1, -0.05) is 0 Å². The van der Waals surface area contributed by atoms with Gasteiger partial charge in [0.2, 0.25) is 5.91 Å². The molecule has 0 radical (unpaired) electrons. The van der Waals surface area contributed by atoms with E-state index in [1.165, 1.54) is 29.8 Å². The van der Waals surface area contributed by atoms with Gasteiger partial charge in [-0.3, -0.25) is 9.59 Å². The van der Waals surface area contributed by atoms with Crippen molar-refractivity contribution in [3.05, 3.63) is 24.2 Å². The summed E-state index contributed by atoms with van der Waals surface area (Å²) in [7, 11) is 0. The smallest absolute Gasteiger partial charge is 0.330 e. The van der Waals surface area contributed by atoms with Crippen LogP contribution < -0.4 is 5.32 Å². The molecule has 1 saturated carbocycles. The second-order valence-electron chi connectivity index (χ2n) is 5.59. The average molecular weight is 338 g/mol. The highest BCUT2D eigenvalue weighted by Gasteiger charge is 2.43. The minimum absolute atomic E-state index is 0.222.